The second kappa shape index (κ2) is 4.98. The molecule has 6 rings (SSSR count). The summed E-state index contributed by atoms with van der Waals surface area (Å²) in [5, 5.41) is 4.92. The van der Waals surface area contributed by atoms with Crippen LogP contribution in [-0.4, -0.2) is 4.98 Å². The predicted molar refractivity (Wildman–Crippen MR) is 106 cm³/mol. The Bertz CT molecular complexity index is 1300. The molecule has 0 radical (unpaired) electrons. The quantitative estimate of drug-likeness (QED) is 0.327. The van der Waals surface area contributed by atoms with Crippen LogP contribution in [-0.2, 0) is 0 Å². The number of para-hydroxylation sites is 1. The maximum absolute atomic E-state index is 3.59. The predicted octanol–water partition coefficient (Wildman–Crippen LogP) is 6.69. The molecule has 0 aliphatic carbocycles. The summed E-state index contributed by atoms with van der Waals surface area (Å²) in [5.41, 5.74) is 2.33. The summed E-state index contributed by atoms with van der Waals surface area (Å²) in [6.45, 7) is 0. The number of hydrogen-bond acceptors (Lipinski definition) is 2. The van der Waals surface area contributed by atoms with Gasteiger partial charge in [0.2, 0.25) is 0 Å². The van der Waals surface area contributed by atoms with E-state index in [0.717, 1.165) is 15.8 Å². The summed E-state index contributed by atoms with van der Waals surface area (Å²) in [6, 6.07) is 28.3. The Kier molecular flexibility index (Phi) is 2.73. The van der Waals surface area contributed by atoms with Crippen molar-refractivity contribution >= 4 is 56.1 Å². The van der Waals surface area contributed by atoms with E-state index in [1.807, 2.05) is 11.8 Å². The molecular formula is C22H11NS2. The Hall–Kier alpha value is -2.54. The number of hydrogen-bond donors (Lipinski definition) is 1. The highest BCUT2D eigenvalue weighted by Gasteiger charge is 2.21. The van der Waals surface area contributed by atoms with Gasteiger partial charge in [0.1, 0.15) is 0 Å². The highest BCUT2D eigenvalue weighted by atomic mass is 32.2. The van der Waals surface area contributed by atoms with Crippen LogP contribution >= 0.6 is 23.5 Å². The summed E-state index contributed by atoms with van der Waals surface area (Å²) < 4.78 is 0. The second-order valence-corrected chi connectivity index (χ2v) is 8.28. The zero-order chi connectivity index (χ0) is 16.4. The number of rotatable bonds is 0. The normalized spacial score (nSPS) is 13.0. The summed E-state index contributed by atoms with van der Waals surface area (Å²) in [5.74, 6) is 0. The van der Waals surface area contributed by atoms with E-state index in [0.29, 0.717) is 0 Å². The third-order valence-electron chi connectivity index (χ3n) is 4.68. The minimum Gasteiger partial charge on any atom is -0.353 e. The van der Waals surface area contributed by atoms with Crippen molar-refractivity contribution in [3.63, 3.8) is 0 Å². The van der Waals surface area contributed by atoms with Gasteiger partial charge < -0.3 is 4.98 Å². The van der Waals surface area contributed by atoms with Crippen molar-refractivity contribution < 1.29 is 0 Å². The zero-order valence-electron chi connectivity index (χ0n) is 13.1. The number of fused-ring (bicyclic) bond motifs is 7. The molecule has 4 aromatic carbocycles. The first-order valence-corrected chi connectivity index (χ1v) is 9.76. The van der Waals surface area contributed by atoms with Crippen LogP contribution in [0.3, 0.4) is 0 Å². The number of nitrogens with one attached hydrogen (secondary N) is 1. The van der Waals surface area contributed by atoms with Crippen molar-refractivity contribution in [1.29, 1.82) is 0 Å². The molecule has 1 N–H and O–H groups in total. The van der Waals surface area contributed by atoms with Gasteiger partial charge in [0.05, 0.1) is 20.7 Å². The lowest BCUT2D eigenvalue weighted by atomic mass is 10.1. The summed E-state index contributed by atoms with van der Waals surface area (Å²) in [7, 11) is 0. The first-order chi connectivity index (χ1) is 12.4. The highest BCUT2D eigenvalue weighted by molar-refractivity contribution is 8.05. The average Bonchev–Trinajstić information content (AvgIpc) is 3.04. The molecule has 1 nitrogen and oxygen atoms in total. The van der Waals surface area contributed by atoms with Gasteiger partial charge in [-0.2, -0.15) is 0 Å². The van der Waals surface area contributed by atoms with Gasteiger partial charge in [-0.25, -0.2) is 0 Å². The van der Waals surface area contributed by atoms with Crippen LogP contribution in [0, 0.1) is 12.1 Å². The fraction of sp³-hybridized carbons (Fsp3) is 0. The molecular weight excluding hydrogens is 342 g/mol. The lowest BCUT2D eigenvalue weighted by Gasteiger charge is -2.18. The van der Waals surface area contributed by atoms with Crippen LogP contribution in [0.2, 0.25) is 0 Å². The van der Waals surface area contributed by atoms with Crippen molar-refractivity contribution in [3.05, 3.63) is 72.8 Å². The van der Waals surface area contributed by atoms with Crippen LogP contribution in [0.4, 0.5) is 0 Å². The number of aromatic amines is 1. The lowest BCUT2D eigenvalue weighted by Crippen LogP contribution is -1.90. The molecule has 25 heavy (non-hydrogen) atoms. The highest BCUT2D eigenvalue weighted by Crippen LogP contribution is 2.51. The average molecular weight is 353 g/mol. The minimum absolute atomic E-state index is 1.13. The maximum atomic E-state index is 3.59. The van der Waals surface area contributed by atoms with Crippen molar-refractivity contribution in [1.82, 2.24) is 4.98 Å². The van der Waals surface area contributed by atoms with Gasteiger partial charge in [0, 0.05) is 20.7 Å². The molecule has 0 spiro atoms. The molecule has 0 bridgehead atoms. The van der Waals surface area contributed by atoms with Gasteiger partial charge in [-0.05, 0) is 29.0 Å². The third-order valence-corrected chi connectivity index (χ3v) is 7.17. The first kappa shape index (κ1) is 13.7. The molecule has 0 saturated heterocycles. The Labute approximate surface area is 153 Å². The largest absolute Gasteiger partial charge is 0.353 e. The van der Waals surface area contributed by atoms with Gasteiger partial charge >= 0.3 is 0 Å². The second-order valence-electron chi connectivity index (χ2n) is 6.18. The molecule has 116 valence electrons. The van der Waals surface area contributed by atoms with E-state index in [2.05, 4.69) is 77.8 Å². The Morgan fingerprint density at radius 3 is 2.32 bits per heavy atom. The van der Waals surface area contributed by atoms with E-state index in [4.69, 9.17) is 0 Å². The van der Waals surface area contributed by atoms with E-state index in [9.17, 15) is 0 Å². The number of benzene rings is 3. The van der Waals surface area contributed by atoms with Crippen molar-refractivity contribution in [2.45, 2.75) is 19.6 Å². The monoisotopic (exact) mass is 353 g/mol. The van der Waals surface area contributed by atoms with Gasteiger partial charge in [0.15, 0.2) is 0 Å². The molecule has 2 heterocycles. The van der Waals surface area contributed by atoms with E-state index >= 15 is 0 Å². The SMILES string of the molecule is c1c2c(c3[nH]c4ccccc4c3c#1)Sc1cc3ccccc3cc1S2. The topological polar surface area (TPSA) is 15.8 Å². The Morgan fingerprint density at radius 2 is 1.48 bits per heavy atom. The molecule has 3 heteroatoms. The van der Waals surface area contributed by atoms with Crippen LogP contribution in [0.15, 0.2) is 80.2 Å². The third kappa shape index (κ3) is 1.96. The number of H-pyrrole nitrogens is 1. The van der Waals surface area contributed by atoms with E-state index in [1.165, 1.54) is 36.4 Å². The molecule has 1 aliphatic rings. The zero-order valence-corrected chi connectivity index (χ0v) is 14.7. The molecule has 0 amide bonds. The standard InChI is InChI=1S/C22H11NS2/c1-2-6-14-12-20-19(11-13(14)5-1)24-18-10-9-16-15-7-3-4-8-17(15)23-21(16)22(18)25-20/h1-8,11-12,23H. The van der Waals surface area contributed by atoms with Crippen LogP contribution in [0.5, 0.6) is 0 Å². The van der Waals surface area contributed by atoms with Crippen molar-refractivity contribution in [2.24, 2.45) is 0 Å². The first-order valence-electron chi connectivity index (χ1n) is 8.13. The molecule has 0 atom stereocenters. The minimum atomic E-state index is 1.13. The fourth-order valence-electron chi connectivity index (χ4n) is 3.48. The van der Waals surface area contributed by atoms with E-state index in [1.54, 1.807) is 11.8 Å². The van der Waals surface area contributed by atoms with Crippen molar-refractivity contribution in [2.75, 3.05) is 0 Å². The number of aromatic nitrogens is 1. The fourth-order valence-corrected chi connectivity index (χ4v) is 5.81. The van der Waals surface area contributed by atoms with Gasteiger partial charge in [-0.3, -0.25) is 0 Å². The summed E-state index contributed by atoms with van der Waals surface area (Å²) in [6.07, 6.45) is 0. The Balaban J connectivity index is 1.61. The molecule has 0 fully saturated rings. The van der Waals surface area contributed by atoms with E-state index in [-0.39, 0.29) is 0 Å². The lowest BCUT2D eigenvalue weighted by molar-refractivity contribution is 1.19. The summed E-state index contributed by atoms with van der Waals surface area (Å²) >= 11 is 3.63. The van der Waals surface area contributed by atoms with Gasteiger partial charge in [-0.1, -0.05) is 78.1 Å². The van der Waals surface area contributed by atoms with E-state index < -0.39 is 0 Å². The molecule has 1 aromatic heterocycles. The van der Waals surface area contributed by atoms with Crippen LogP contribution < -0.4 is 0 Å². The van der Waals surface area contributed by atoms with Crippen LogP contribution in [0.1, 0.15) is 0 Å². The van der Waals surface area contributed by atoms with Crippen molar-refractivity contribution in [3.8, 4) is 0 Å². The molecule has 5 aromatic rings. The van der Waals surface area contributed by atoms with Gasteiger partial charge in [0.25, 0.3) is 0 Å². The molecule has 0 saturated carbocycles. The summed E-state index contributed by atoms with van der Waals surface area (Å²) in [4.78, 5) is 8.63. The van der Waals surface area contributed by atoms with Crippen LogP contribution in [0.25, 0.3) is 32.6 Å². The van der Waals surface area contributed by atoms with Gasteiger partial charge in [-0.15, -0.1) is 0 Å². The molecule has 1 aliphatic heterocycles. The smallest absolute Gasteiger partial charge is 0.0786 e. The maximum Gasteiger partial charge on any atom is 0.0786 e. The Morgan fingerprint density at radius 1 is 0.760 bits per heavy atom. The molecule has 0 unspecified atom stereocenters.